The molecule has 0 saturated carbocycles. The molecule has 1 aliphatic heterocycles. The molecule has 0 aliphatic carbocycles. The van der Waals surface area contributed by atoms with E-state index in [1.54, 1.807) is 19.1 Å². The van der Waals surface area contributed by atoms with Crippen molar-refractivity contribution in [3.05, 3.63) is 28.2 Å². The number of aliphatic carboxylic acids is 1. The molecule has 2 N–H and O–H groups in total. The van der Waals surface area contributed by atoms with E-state index >= 15 is 0 Å². The Morgan fingerprint density at radius 1 is 1.41 bits per heavy atom. The van der Waals surface area contributed by atoms with Crippen molar-refractivity contribution in [3.63, 3.8) is 0 Å². The Hall–Kier alpha value is -2.40. The first-order valence-electron chi connectivity index (χ1n) is 8.77. The molecule has 11 heteroatoms. The van der Waals surface area contributed by atoms with Gasteiger partial charge in [-0.05, 0) is 31.5 Å². The summed E-state index contributed by atoms with van der Waals surface area (Å²) < 4.78 is 11.4. The summed E-state index contributed by atoms with van der Waals surface area (Å²) >= 11 is 4.40. The molecule has 1 unspecified atom stereocenters. The van der Waals surface area contributed by atoms with Crippen LogP contribution in [0.4, 0.5) is 0 Å². The van der Waals surface area contributed by atoms with Gasteiger partial charge < -0.3 is 19.9 Å². The van der Waals surface area contributed by atoms with Crippen LogP contribution in [0, 0.1) is 0 Å². The van der Waals surface area contributed by atoms with Gasteiger partial charge in [0.2, 0.25) is 5.91 Å². The van der Waals surface area contributed by atoms with Crippen LogP contribution in [0.3, 0.4) is 0 Å². The van der Waals surface area contributed by atoms with Gasteiger partial charge in [-0.2, -0.15) is 5.10 Å². The van der Waals surface area contributed by atoms with Gasteiger partial charge in [-0.3, -0.25) is 14.4 Å². The highest BCUT2D eigenvalue weighted by molar-refractivity contribution is 9.10. The number of hydrogen-bond acceptors (Lipinski definition) is 8. The monoisotopic (exact) mass is 485 g/mol. The number of carbonyl (C=O) groups is 3. The molecule has 156 valence electrons. The van der Waals surface area contributed by atoms with E-state index in [0.717, 1.165) is 16.2 Å². The smallest absolute Gasteiger partial charge is 0.305 e. The third-order valence-corrected chi connectivity index (χ3v) is 5.11. The third-order valence-electron chi connectivity index (χ3n) is 3.54. The normalized spacial score (nSPS) is 17.5. The zero-order chi connectivity index (χ0) is 21.2. The molecule has 0 radical (unpaired) electrons. The minimum Gasteiger partial charge on any atom is -0.493 e. The molecule has 1 aliphatic rings. The molecule has 0 spiro atoms. The van der Waals surface area contributed by atoms with Gasteiger partial charge in [-0.1, -0.05) is 27.7 Å². The Bertz CT molecular complexity index is 830. The number of ether oxygens (including phenoxy) is 2. The number of benzene rings is 1. The first kappa shape index (κ1) is 22.9. The Morgan fingerprint density at radius 2 is 2.21 bits per heavy atom. The first-order chi connectivity index (χ1) is 13.9. The number of carboxylic acids is 1. The maximum Gasteiger partial charge on any atom is 0.305 e. The number of halogens is 1. The van der Waals surface area contributed by atoms with Crippen LogP contribution in [0.1, 0.15) is 31.7 Å². The molecule has 9 nitrogen and oxygen atoms in total. The van der Waals surface area contributed by atoms with Gasteiger partial charge in [0.25, 0.3) is 0 Å². The Kier molecular flexibility index (Phi) is 9.13. The van der Waals surface area contributed by atoms with Crippen LogP contribution >= 0.6 is 27.7 Å². The molecule has 1 heterocycles. The SMILES string of the molecule is CCOC(=O)CCCOc1ccc(Br)cc1C=NN=C1NC(=O)C(CC(=O)O)S1. The summed E-state index contributed by atoms with van der Waals surface area (Å²) in [5.74, 6) is -1.16. The van der Waals surface area contributed by atoms with Crippen LogP contribution in [0.2, 0.25) is 0 Å². The lowest BCUT2D eigenvalue weighted by molar-refractivity contribution is -0.143. The highest BCUT2D eigenvalue weighted by atomic mass is 79.9. The number of rotatable bonds is 10. The maximum atomic E-state index is 11.7. The summed E-state index contributed by atoms with van der Waals surface area (Å²) in [5.41, 5.74) is 0.649. The van der Waals surface area contributed by atoms with Crippen LogP contribution < -0.4 is 10.1 Å². The van der Waals surface area contributed by atoms with Gasteiger partial charge in [-0.25, -0.2) is 0 Å². The number of thioether (sulfide) groups is 1. The Labute approximate surface area is 180 Å². The molecule has 1 aromatic rings. The molecule has 2 rings (SSSR count). The first-order valence-corrected chi connectivity index (χ1v) is 10.4. The van der Waals surface area contributed by atoms with Crippen molar-refractivity contribution in [3.8, 4) is 5.75 Å². The van der Waals surface area contributed by atoms with Crippen molar-refractivity contribution in [1.29, 1.82) is 0 Å². The third kappa shape index (κ3) is 7.86. The lowest BCUT2D eigenvalue weighted by Crippen LogP contribution is -2.26. The van der Waals surface area contributed by atoms with Crippen LogP contribution in [0.5, 0.6) is 5.75 Å². The highest BCUT2D eigenvalue weighted by Gasteiger charge is 2.32. The molecule has 1 amide bonds. The van der Waals surface area contributed by atoms with E-state index in [1.165, 1.54) is 6.21 Å². The minimum atomic E-state index is -1.05. The van der Waals surface area contributed by atoms with Gasteiger partial charge >= 0.3 is 11.9 Å². The van der Waals surface area contributed by atoms with Crippen molar-refractivity contribution in [2.45, 2.75) is 31.4 Å². The predicted octanol–water partition coefficient (Wildman–Crippen LogP) is 2.57. The molecule has 29 heavy (non-hydrogen) atoms. The molecule has 1 saturated heterocycles. The fourth-order valence-electron chi connectivity index (χ4n) is 2.27. The van der Waals surface area contributed by atoms with Gasteiger partial charge in [-0.15, -0.1) is 5.10 Å². The number of carbonyl (C=O) groups excluding carboxylic acids is 2. The van der Waals surface area contributed by atoms with Crippen molar-refractivity contribution in [2.24, 2.45) is 10.2 Å². The molecular weight excluding hydrogens is 466 g/mol. The van der Waals surface area contributed by atoms with Gasteiger partial charge in [0.05, 0.1) is 25.8 Å². The second-order valence-electron chi connectivity index (χ2n) is 5.78. The number of hydrogen-bond donors (Lipinski definition) is 2. The zero-order valence-corrected chi connectivity index (χ0v) is 18.0. The number of carboxylic acid groups (broad SMARTS) is 1. The van der Waals surface area contributed by atoms with E-state index < -0.39 is 17.1 Å². The summed E-state index contributed by atoms with van der Waals surface area (Å²) in [6.45, 7) is 2.44. The average molecular weight is 486 g/mol. The van der Waals surface area contributed by atoms with E-state index in [1.807, 2.05) is 6.07 Å². The number of amides is 1. The standard InChI is InChI=1S/C18H20BrN3O6S/c1-2-27-16(25)4-3-7-28-13-6-5-12(19)8-11(13)10-20-22-18-21-17(26)14(29-18)9-15(23)24/h5-6,8,10,14H,2-4,7,9H2,1H3,(H,23,24)(H,21,22,26). The topological polar surface area (TPSA) is 127 Å². The summed E-state index contributed by atoms with van der Waals surface area (Å²) in [6, 6.07) is 5.36. The fraction of sp³-hybridized carbons (Fsp3) is 0.389. The molecule has 0 bridgehead atoms. The van der Waals surface area contributed by atoms with Gasteiger partial charge in [0.15, 0.2) is 5.17 Å². The molecule has 1 fully saturated rings. The number of nitrogens with one attached hydrogen (secondary N) is 1. The maximum absolute atomic E-state index is 11.7. The summed E-state index contributed by atoms with van der Waals surface area (Å²) in [7, 11) is 0. The number of nitrogens with zero attached hydrogens (tertiary/aromatic N) is 2. The molecule has 1 atom stereocenters. The van der Waals surface area contributed by atoms with Gasteiger partial charge in [0.1, 0.15) is 11.0 Å². The second kappa shape index (κ2) is 11.6. The Balaban J connectivity index is 1.96. The van der Waals surface area contributed by atoms with Crippen LogP contribution in [-0.4, -0.2) is 52.8 Å². The van der Waals surface area contributed by atoms with Gasteiger partial charge in [0, 0.05) is 16.5 Å². The van der Waals surface area contributed by atoms with Crippen LogP contribution in [0.15, 0.2) is 32.9 Å². The Morgan fingerprint density at radius 3 is 2.93 bits per heavy atom. The lowest BCUT2D eigenvalue weighted by Gasteiger charge is -2.09. The molecular formula is C18H20BrN3O6S. The van der Waals surface area contributed by atoms with Crippen molar-refractivity contribution in [2.75, 3.05) is 13.2 Å². The van der Waals surface area contributed by atoms with E-state index in [4.69, 9.17) is 14.6 Å². The minimum absolute atomic E-state index is 0.240. The number of amidine groups is 1. The zero-order valence-electron chi connectivity index (χ0n) is 15.6. The van der Waals surface area contributed by atoms with E-state index in [0.29, 0.717) is 30.9 Å². The lowest BCUT2D eigenvalue weighted by atomic mass is 10.2. The average Bonchev–Trinajstić information content (AvgIpc) is 2.99. The summed E-state index contributed by atoms with van der Waals surface area (Å²) in [5, 5.41) is 18.7. The van der Waals surface area contributed by atoms with Crippen molar-refractivity contribution >= 4 is 56.9 Å². The summed E-state index contributed by atoms with van der Waals surface area (Å²) in [6.07, 6.45) is 1.97. The van der Waals surface area contributed by atoms with Crippen molar-refractivity contribution < 1.29 is 29.0 Å². The largest absolute Gasteiger partial charge is 0.493 e. The van der Waals surface area contributed by atoms with E-state index in [-0.39, 0.29) is 24.0 Å². The molecule has 1 aromatic carbocycles. The number of esters is 1. The quantitative estimate of drug-likeness (QED) is 0.225. The van der Waals surface area contributed by atoms with Crippen molar-refractivity contribution in [1.82, 2.24) is 5.32 Å². The second-order valence-corrected chi connectivity index (χ2v) is 7.89. The summed E-state index contributed by atoms with van der Waals surface area (Å²) in [4.78, 5) is 33.8. The van der Waals surface area contributed by atoms with Crippen LogP contribution in [-0.2, 0) is 19.1 Å². The van der Waals surface area contributed by atoms with E-state index in [2.05, 4.69) is 31.4 Å². The van der Waals surface area contributed by atoms with E-state index in [9.17, 15) is 14.4 Å². The highest BCUT2D eigenvalue weighted by Crippen LogP contribution is 2.24. The fourth-order valence-corrected chi connectivity index (χ4v) is 3.57. The van der Waals surface area contributed by atoms with Crippen LogP contribution in [0.25, 0.3) is 0 Å². The molecule has 0 aromatic heterocycles. The predicted molar refractivity (Wildman–Crippen MR) is 112 cm³/mol.